The number of hydrogen-bond acceptors (Lipinski definition) is 7. The van der Waals surface area contributed by atoms with Gasteiger partial charge in [0.15, 0.2) is 5.84 Å². The molecule has 0 atom stereocenters. The summed E-state index contributed by atoms with van der Waals surface area (Å²) in [5, 5.41) is 24.0. The SMILES string of the molecule is COC(=O)c1ccc(-n2cccn2)c(N/N=C(\C#N)C(=N)N)c1. The van der Waals surface area contributed by atoms with Crippen molar-refractivity contribution in [3.8, 4) is 11.8 Å². The molecule has 0 unspecified atom stereocenters. The van der Waals surface area contributed by atoms with Crippen LogP contribution in [0.25, 0.3) is 5.69 Å². The first-order valence-electron chi connectivity index (χ1n) is 6.37. The highest BCUT2D eigenvalue weighted by molar-refractivity contribution is 6.45. The second kappa shape index (κ2) is 6.86. The number of nitriles is 1. The van der Waals surface area contributed by atoms with Gasteiger partial charge in [-0.05, 0) is 24.3 Å². The van der Waals surface area contributed by atoms with Crippen LogP contribution in [0.4, 0.5) is 5.69 Å². The molecule has 1 aromatic carbocycles. The molecule has 0 aliphatic heterocycles. The molecular weight excluding hydrogens is 298 g/mol. The average molecular weight is 311 g/mol. The van der Waals surface area contributed by atoms with Crippen molar-refractivity contribution in [3.05, 3.63) is 42.2 Å². The van der Waals surface area contributed by atoms with Gasteiger partial charge in [-0.15, -0.1) is 0 Å². The van der Waals surface area contributed by atoms with Gasteiger partial charge >= 0.3 is 5.97 Å². The maximum absolute atomic E-state index is 11.7. The van der Waals surface area contributed by atoms with Crippen LogP contribution in [0.5, 0.6) is 0 Å². The first-order chi connectivity index (χ1) is 11.1. The van der Waals surface area contributed by atoms with E-state index in [1.807, 2.05) is 0 Å². The maximum Gasteiger partial charge on any atom is 0.337 e. The lowest BCUT2D eigenvalue weighted by Gasteiger charge is -2.11. The van der Waals surface area contributed by atoms with Crippen molar-refractivity contribution >= 4 is 23.2 Å². The standard InChI is InChI=1S/C14H13N7O2/c1-23-14(22)9-3-4-12(21-6-2-5-18-21)10(7-9)19-20-11(8-15)13(16)17/h2-7,19H,1H3,(H3,16,17)/b20-11+. The summed E-state index contributed by atoms with van der Waals surface area (Å²) in [6, 6.07) is 8.16. The Morgan fingerprint density at radius 1 is 1.57 bits per heavy atom. The van der Waals surface area contributed by atoms with Crippen molar-refractivity contribution in [2.45, 2.75) is 0 Å². The number of hydrogen-bond donors (Lipinski definition) is 3. The number of esters is 1. The molecular formula is C14H13N7O2. The zero-order valence-corrected chi connectivity index (χ0v) is 12.1. The summed E-state index contributed by atoms with van der Waals surface area (Å²) in [5.74, 6) is -0.985. The van der Waals surface area contributed by atoms with Crippen molar-refractivity contribution in [2.75, 3.05) is 12.5 Å². The van der Waals surface area contributed by atoms with Crippen LogP contribution < -0.4 is 11.2 Å². The number of carbonyl (C=O) groups excluding carboxylic acids is 1. The smallest absolute Gasteiger partial charge is 0.337 e. The van der Waals surface area contributed by atoms with Crippen molar-refractivity contribution in [1.82, 2.24) is 9.78 Å². The summed E-state index contributed by atoms with van der Waals surface area (Å²) >= 11 is 0. The molecule has 1 aromatic heterocycles. The normalized spacial score (nSPS) is 10.7. The third kappa shape index (κ3) is 3.51. The Morgan fingerprint density at radius 3 is 2.91 bits per heavy atom. The molecule has 0 spiro atoms. The summed E-state index contributed by atoms with van der Waals surface area (Å²) in [7, 11) is 1.28. The molecule has 0 aliphatic carbocycles. The molecule has 0 saturated carbocycles. The number of hydrazone groups is 1. The fourth-order valence-electron chi connectivity index (χ4n) is 1.74. The third-order valence-corrected chi connectivity index (χ3v) is 2.82. The van der Waals surface area contributed by atoms with Crippen LogP contribution in [0.15, 0.2) is 41.8 Å². The van der Waals surface area contributed by atoms with Gasteiger partial charge in [-0.25, -0.2) is 9.48 Å². The lowest BCUT2D eigenvalue weighted by atomic mass is 10.1. The van der Waals surface area contributed by atoms with E-state index in [0.717, 1.165) is 0 Å². The van der Waals surface area contributed by atoms with Crippen LogP contribution in [0.2, 0.25) is 0 Å². The fourth-order valence-corrected chi connectivity index (χ4v) is 1.74. The molecule has 1 heterocycles. The zero-order valence-electron chi connectivity index (χ0n) is 12.1. The van der Waals surface area contributed by atoms with Crippen molar-refractivity contribution in [1.29, 1.82) is 10.7 Å². The van der Waals surface area contributed by atoms with E-state index in [-0.39, 0.29) is 5.71 Å². The molecule has 23 heavy (non-hydrogen) atoms. The third-order valence-electron chi connectivity index (χ3n) is 2.82. The van der Waals surface area contributed by atoms with E-state index in [2.05, 4.69) is 20.4 Å². The molecule has 116 valence electrons. The largest absolute Gasteiger partial charge is 0.465 e. The van der Waals surface area contributed by atoms with Crippen LogP contribution >= 0.6 is 0 Å². The van der Waals surface area contributed by atoms with E-state index in [4.69, 9.17) is 16.4 Å². The predicted molar refractivity (Wildman–Crippen MR) is 83.5 cm³/mol. The second-order valence-electron chi connectivity index (χ2n) is 4.27. The summed E-state index contributed by atoms with van der Waals surface area (Å²) in [4.78, 5) is 11.7. The summed E-state index contributed by atoms with van der Waals surface area (Å²) in [6.45, 7) is 0. The van der Waals surface area contributed by atoms with Crippen molar-refractivity contribution in [2.24, 2.45) is 10.8 Å². The van der Waals surface area contributed by atoms with Gasteiger partial charge in [0.05, 0.1) is 24.0 Å². The van der Waals surface area contributed by atoms with Crippen LogP contribution in [0.3, 0.4) is 0 Å². The molecule has 2 aromatic rings. The van der Waals surface area contributed by atoms with Gasteiger partial charge in [0, 0.05) is 12.4 Å². The van der Waals surface area contributed by atoms with Gasteiger partial charge < -0.3 is 10.5 Å². The van der Waals surface area contributed by atoms with E-state index >= 15 is 0 Å². The average Bonchev–Trinajstić information content (AvgIpc) is 3.08. The number of nitrogens with one attached hydrogen (secondary N) is 2. The Bertz CT molecular complexity index is 803. The topological polar surface area (TPSA) is 142 Å². The van der Waals surface area contributed by atoms with Gasteiger partial charge in [0.2, 0.25) is 5.71 Å². The molecule has 0 aliphatic rings. The van der Waals surface area contributed by atoms with Gasteiger partial charge in [0.1, 0.15) is 6.07 Å². The molecule has 9 nitrogen and oxygen atoms in total. The predicted octanol–water partition coefficient (Wildman–Crippen LogP) is 0.886. The Labute approximate surface area is 131 Å². The molecule has 0 fully saturated rings. The minimum absolute atomic E-state index is 0.278. The number of benzene rings is 1. The van der Waals surface area contributed by atoms with Crippen LogP contribution in [0, 0.1) is 16.7 Å². The maximum atomic E-state index is 11.7. The van der Waals surface area contributed by atoms with E-state index in [9.17, 15) is 4.79 Å². The van der Waals surface area contributed by atoms with Crippen LogP contribution in [-0.4, -0.2) is 34.4 Å². The Balaban J connectivity index is 2.47. The molecule has 0 amide bonds. The molecule has 0 bridgehead atoms. The van der Waals surface area contributed by atoms with Gasteiger partial charge in [-0.2, -0.15) is 15.5 Å². The van der Waals surface area contributed by atoms with Crippen LogP contribution in [-0.2, 0) is 4.74 Å². The quantitative estimate of drug-likeness (QED) is 0.324. The molecule has 2 rings (SSSR count). The molecule has 9 heteroatoms. The van der Waals surface area contributed by atoms with Gasteiger partial charge in [-0.1, -0.05) is 0 Å². The zero-order chi connectivity index (χ0) is 16.8. The first-order valence-corrected chi connectivity index (χ1v) is 6.37. The van der Waals surface area contributed by atoms with E-state index in [1.165, 1.54) is 13.2 Å². The lowest BCUT2D eigenvalue weighted by molar-refractivity contribution is 0.0601. The Hall–Kier alpha value is -3.67. The number of aromatic nitrogens is 2. The number of ether oxygens (including phenoxy) is 1. The summed E-state index contributed by atoms with van der Waals surface area (Å²) in [6.07, 6.45) is 3.30. The molecule has 0 saturated heterocycles. The number of nitrogens with two attached hydrogens (primary N) is 1. The highest BCUT2D eigenvalue weighted by atomic mass is 16.5. The highest BCUT2D eigenvalue weighted by Crippen LogP contribution is 2.22. The minimum atomic E-state index is -0.517. The fraction of sp³-hybridized carbons (Fsp3) is 0.0714. The number of anilines is 1. The molecule has 4 N–H and O–H groups in total. The first kappa shape index (κ1) is 15.7. The number of methoxy groups -OCH3 is 1. The number of amidine groups is 1. The van der Waals surface area contributed by atoms with Gasteiger partial charge in [0.25, 0.3) is 0 Å². The highest BCUT2D eigenvalue weighted by Gasteiger charge is 2.12. The van der Waals surface area contributed by atoms with E-state index in [0.29, 0.717) is 16.9 Å². The van der Waals surface area contributed by atoms with E-state index in [1.54, 1.807) is 41.3 Å². The van der Waals surface area contributed by atoms with Crippen molar-refractivity contribution in [3.63, 3.8) is 0 Å². The summed E-state index contributed by atoms with van der Waals surface area (Å²) in [5.41, 5.74) is 8.87. The van der Waals surface area contributed by atoms with Gasteiger partial charge in [-0.3, -0.25) is 10.8 Å². The molecule has 0 radical (unpaired) electrons. The second-order valence-corrected chi connectivity index (χ2v) is 4.27. The number of nitrogens with zero attached hydrogens (tertiary/aromatic N) is 4. The summed E-state index contributed by atoms with van der Waals surface area (Å²) < 4.78 is 6.23. The Kier molecular flexibility index (Phi) is 4.69. The number of carbonyl (C=O) groups is 1. The Morgan fingerprint density at radius 2 is 2.35 bits per heavy atom. The lowest BCUT2D eigenvalue weighted by Crippen LogP contribution is -2.22. The monoisotopic (exact) mass is 311 g/mol. The minimum Gasteiger partial charge on any atom is -0.465 e. The van der Waals surface area contributed by atoms with Crippen molar-refractivity contribution < 1.29 is 9.53 Å². The number of rotatable bonds is 5. The van der Waals surface area contributed by atoms with E-state index < -0.39 is 11.8 Å². The van der Waals surface area contributed by atoms with Crippen LogP contribution in [0.1, 0.15) is 10.4 Å².